The normalized spacial score (nSPS) is 28.6. The van der Waals surface area contributed by atoms with Gasteiger partial charge in [-0.05, 0) is 19.8 Å². The summed E-state index contributed by atoms with van der Waals surface area (Å²) in [5.74, 6) is 5.58. The molecule has 0 aliphatic carbocycles. The number of nitrogens with two attached hydrogens (primary N) is 1. The summed E-state index contributed by atoms with van der Waals surface area (Å²) in [7, 11) is -2.95. The average molecular weight is 204 g/mol. The molecule has 0 aromatic carbocycles. The lowest BCUT2D eigenvalue weighted by molar-refractivity contribution is 0.525. The fourth-order valence-corrected chi connectivity index (χ4v) is 3.88. The van der Waals surface area contributed by atoms with Gasteiger partial charge in [0.2, 0.25) is 0 Å². The van der Waals surface area contributed by atoms with Crippen LogP contribution in [0.3, 0.4) is 0 Å². The molecule has 0 bridgehead atoms. The first kappa shape index (κ1) is 10.7. The highest BCUT2D eigenvalue weighted by molar-refractivity contribution is 7.92. The maximum absolute atomic E-state index is 11.5. The molecule has 0 saturated carbocycles. The van der Waals surface area contributed by atoms with E-state index in [2.05, 4.69) is 12.0 Å². The van der Waals surface area contributed by atoms with Gasteiger partial charge in [-0.1, -0.05) is 12.2 Å². The highest BCUT2D eigenvalue weighted by atomic mass is 32.2. The standard InChI is InChI=1S/C8H16N2O2S/c1-6(2)8(10-9)7-4-3-5-13(7,11)12/h7-8,10H,1,3-5,9H2,2H3. The molecule has 1 aliphatic rings. The fraction of sp³-hybridized carbons (Fsp3) is 0.750. The smallest absolute Gasteiger partial charge is 0.155 e. The Kier molecular flexibility index (Phi) is 3.10. The van der Waals surface area contributed by atoms with Crippen LogP contribution in [0.4, 0.5) is 0 Å². The van der Waals surface area contributed by atoms with E-state index in [1.165, 1.54) is 0 Å². The monoisotopic (exact) mass is 204 g/mol. The molecular weight excluding hydrogens is 188 g/mol. The van der Waals surface area contributed by atoms with Gasteiger partial charge in [0.25, 0.3) is 0 Å². The third-order valence-corrected chi connectivity index (χ3v) is 4.75. The molecule has 1 aliphatic heterocycles. The van der Waals surface area contributed by atoms with E-state index in [0.717, 1.165) is 12.0 Å². The second-order valence-corrected chi connectivity index (χ2v) is 5.88. The number of sulfone groups is 1. The van der Waals surface area contributed by atoms with Gasteiger partial charge >= 0.3 is 0 Å². The van der Waals surface area contributed by atoms with E-state index in [1.807, 2.05) is 0 Å². The van der Waals surface area contributed by atoms with Gasteiger partial charge in [0.15, 0.2) is 9.84 Å². The minimum atomic E-state index is -2.95. The molecule has 0 amide bonds. The Morgan fingerprint density at radius 1 is 1.69 bits per heavy atom. The Bertz CT molecular complexity index is 297. The Hall–Kier alpha value is -0.390. The van der Waals surface area contributed by atoms with Crippen molar-refractivity contribution < 1.29 is 8.42 Å². The molecule has 1 fully saturated rings. The number of hydrogen-bond donors (Lipinski definition) is 2. The van der Waals surface area contributed by atoms with E-state index in [1.54, 1.807) is 6.92 Å². The topological polar surface area (TPSA) is 72.2 Å². The molecular formula is C8H16N2O2S. The first-order valence-corrected chi connectivity index (χ1v) is 6.03. The molecule has 1 rings (SSSR count). The van der Waals surface area contributed by atoms with Crippen LogP contribution in [0.2, 0.25) is 0 Å². The van der Waals surface area contributed by atoms with Crippen LogP contribution in [-0.2, 0) is 9.84 Å². The van der Waals surface area contributed by atoms with Crippen molar-refractivity contribution in [1.82, 2.24) is 5.43 Å². The fourth-order valence-electron chi connectivity index (χ4n) is 1.76. The Morgan fingerprint density at radius 2 is 2.31 bits per heavy atom. The summed E-state index contributed by atoms with van der Waals surface area (Å²) in [5, 5.41) is -0.380. The van der Waals surface area contributed by atoms with Gasteiger partial charge in [0, 0.05) is 0 Å². The molecule has 13 heavy (non-hydrogen) atoms. The summed E-state index contributed by atoms with van der Waals surface area (Å²) in [6.07, 6.45) is 1.42. The molecule has 4 nitrogen and oxygen atoms in total. The second-order valence-electron chi connectivity index (χ2n) is 3.54. The van der Waals surface area contributed by atoms with Gasteiger partial charge in [0.05, 0.1) is 17.0 Å². The van der Waals surface area contributed by atoms with Crippen molar-refractivity contribution in [2.24, 2.45) is 5.84 Å². The SMILES string of the molecule is C=C(C)C(NN)C1CCCS1(=O)=O. The van der Waals surface area contributed by atoms with E-state index in [-0.39, 0.29) is 17.0 Å². The zero-order valence-corrected chi connectivity index (χ0v) is 8.60. The van der Waals surface area contributed by atoms with E-state index >= 15 is 0 Å². The molecule has 5 heteroatoms. The number of hydrogen-bond acceptors (Lipinski definition) is 4. The lowest BCUT2D eigenvalue weighted by Gasteiger charge is -2.21. The van der Waals surface area contributed by atoms with E-state index in [9.17, 15) is 8.42 Å². The van der Waals surface area contributed by atoms with Crippen molar-refractivity contribution in [3.05, 3.63) is 12.2 Å². The highest BCUT2D eigenvalue weighted by Crippen LogP contribution is 2.25. The third kappa shape index (κ3) is 2.10. The molecule has 2 atom stereocenters. The number of rotatable bonds is 3. The molecule has 3 N–H and O–H groups in total. The van der Waals surface area contributed by atoms with Crippen LogP contribution < -0.4 is 11.3 Å². The molecule has 0 aromatic rings. The van der Waals surface area contributed by atoms with Crippen LogP contribution in [0.5, 0.6) is 0 Å². The molecule has 0 aromatic heterocycles. The van der Waals surface area contributed by atoms with E-state index in [4.69, 9.17) is 5.84 Å². The van der Waals surface area contributed by atoms with Crippen LogP contribution in [0, 0.1) is 0 Å². The summed E-state index contributed by atoms with van der Waals surface area (Å²) < 4.78 is 23.1. The largest absolute Gasteiger partial charge is 0.271 e. The van der Waals surface area contributed by atoms with Gasteiger partial charge < -0.3 is 0 Å². The molecule has 1 saturated heterocycles. The summed E-state index contributed by atoms with van der Waals surface area (Å²) in [6.45, 7) is 5.52. The summed E-state index contributed by atoms with van der Waals surface area (Å²) in [5.41, 5.74) is 3.30. The van der Waals surface area contributed by atoms with Crippen molar-refractivity contribution in [1.29, 1.82) is 0 Å². The molecule has 0 radical (unpaired) electrons. The van der Waals surface area contributed by atoms with Crippen molar-refractivity contribution in [2.75, 3.05) is 5.75 Å². The lowest BCUT2D eigenvalue weighted by Crippen LogP contribution is -2.46. The zero-order valence-electron chi connectivity index (χ0n) is 7.79. The minimum absolute atomic E-state index is 0.281. The van der Waals surface area contributed by atoms with Gasteiger partial charge in [-0.25, -0.2) is 8.42 Å². The first-order chi connectivity index (χ1) is 5.99. The minimum Gasteiger partial charge on any atom is -0.271 e. The second kappa shape index (κ2) is 3.77. The van der Waals surface area contributed by atoms with E-state index < -0.39 is 9.84 Å². The number of nitrogens with one attached hydrogen (secondary N) is 1. The van der Waals surface area contributed by atoms with Crippen LogP contribution in [0.1, 0.15) is 19.8 Å². The van der Waals surface area contributed by atoms with Gasteiger partial charge in [-0.3, -0.25) is 11.3 Å². The molecule has 2 unspecified atom stereocenters. The molecule has 0 spiro atoms. The Labute approximate surface area is 79.1 Å². The van der Waals surface area contributed by atoms with Gasteiger partial charge in [-0.15, -0.1) is 0 Å². The average Bonchev–Trinajstić information content (AvgIpc) is 2.32. The Balaban J connectivity index is 2.87. The quantitative estimate of drug-likeness (QED) is 0.385. The lowest BCUT2D eigenvalue weighted by atomic mass is 10.0. The summed E-state index contributed by atoms with van der Waals surface area (Å²) in [4.78, 5) is 0. The highest BCUT2D eigenvalue weighted by Gasteiger charge is 2.37. The van der Waals surface area contributed by atoms with Gasteiger partial charge in [-0.2, -0.15) is 0 Å². The summed E-state index contributed by atoms with van der Waals surface area (Å²) in [6, 6.07) is -0.299. The van der Waals surface area contributed by atoms with Crippen molar-refractivity contribution in [3.63, 3.8) is 0 Å². The third-order valence-electron chi connectivity index (χ3n) is 2.46. The first-order valence-electron chi connectivity index (χ1n) is 4.32. The van der Waals surface area contributed by atoms with Crippen molar-refractivity contribution >= 4 is 9.84 Å². The predicted molar refractivity (Wildman–Crippen MR) is 52.7 cm³/mol. The van der Waals surface area contributed by atoms with Gasteiger partial charge in [0.1, 0.15) is 0 Å². The maximum atomic E-state index is 11.5. The van der Waals surface area contributed by atoms with Crippen LogP contribution in [0.25, 0.3) is 0 Å². The Morgan fingerprint density at radius 3 is 2.62 bits per heavy atom. The van der Waals surface area contributed by atoms with E-state index in [0.29, 0.717) is 6.42 Å². The molecule has 76 valence electrons. The number of hydrazine groups is 1. The summed E-state index contributed by atoms with van der Waals surface area (Å²) >= 11 is 0. The molecule has 1 heterocycles. The zero-order chi connectivity index (χ0) is 10.1. The predicted octanol–water partition coefficient (Wildman–Crippen LogP) is -0.0284. The van der Waals surface area contributed by atoms with Crippen molar-refractivity contribution in [2.45, 2.75) is 31.1 Å². The maximum Gasteiger partial charge on any atom is 0.155 e. The van der Waals surface area contributed by atoms with Crippen LogP contribution in [-0.4, -0.2) is 25.5 Å². The van der Waals surface area contributed by atoms with Crippen molar-refractivity contribution in [3.8, 4) is 0 Å². The van der Waals surface area contributed by atoms with Crippen LogP contribution >= 0.6 is 0 Å². The van der Waals surface area contributed by atoms with Crippen LogP contribution in [0.15, 0.2) is 12.2 Å².